The molecule has 0 aliphatic heterocycles. The molecule has 0 heterocycles. The van der Waals surface area contributed by atoms with Gasteiger partial charge in [-0.05, 0) is 24.7 Å². The highest BCUT2D eigenvalue weighted by molar-refractivity contribution is 5.46. The molecule has 0 bridgehead atoms. The highest BCUT2D eigenvalue weighted by Crippen LogP contribution is 2.13. The van der Waals surface area contributed by atoms with Gasteiger partial charge in [-0.15, -0.1) is 0 Å². The number of rotatable bonds is 6. The molecule has 1 aromatic carbocycles. The molecular weight excluding hydrogens is 188 g/mol. The Labute approximate surface area is 92.0 Å². The second-order valence-corrected chi connectivity index (χ2v) is 3.61. The molecule has 0 aliphatic carbocycles. The van der Waals surface area contributed by atoms with Crippen LogP contribution in [-0.2, 0) is 11.3 Å². The van der Waals surface area contributed by atoms with Crippen LogP contribution < -0.4 is 10.2 Å². The summed E-state index contributed by atoms with van der Waals surface area (Å²) in [6.07, 6.45) is 0. The molecule has 0 spiro atoms. The quantitative estimate of drug-likeness (QED) is 0.766. The predicted octanol–water partition coefficient (Wildman–Crippen LogP) is 1.49. The fraction of sp³-hybridized carbons (Fsp3) is 0.500. The Bertz CT molecular complexity index is 271. The van der Waals surface area contributed by atoms with Crippen molar-refractivity contribution in [1.29, 1.82) is 0 Å². The molecule has 0 fully saturated rings. The summed E-state index contributed by atoms with van der Waals surface area (Å²) in [5.41, 5.74) is 2.54. The molecule has 0 saturated carbocycles. The van der Waals surface area contributed by atoms with Crippen LogP contribution in [0.2, 0.25) is 0 Å². The van der Waals surface area contributed by atoms with Crippen molar-refractivity contribution in [3.8, 4) is 0 Å². The average Bonchev–Trinajstić information content (AvgIpc) is 2.27. The summed E-state index contributed by atoms with van der Waals surface area (Å²) in [4.78, 5) is 2.19. The van der Waals surface area contributed by atoms with Crippen LogP contribution in [0.15, 0.2) is 24.3 Å². The molecule has 84 valence electrons. The van der Waals surface area contributed by atoms with E-state index < -0.39 is 0 Å². The average molecular weight is 208 g/mol. The van der Waals surface area contributed by atoms with Gasteiger partial charge in [0, 0.05) is 32.9 Å². The number of hydrogen-bond donors (Lipinski definition) is 1. The molecular formula is C12H20N2O. The SMILES string of the molecule is CNCc1ccc(N(C)CCOC)cc1. The van der Waals surface area contributed by atoms with E-state index in [0.29, 0.717) is 0 Å². The van der Waals surface area contributed by atoms with Crippen LogP contribution in [0.3, 0.4) is 0 Å². The number of likely N-dealkylation sites (N-methyl/N-ethyl adjacent to an activating group) is 1. The molecule has 0 aliphatic rings. The molecule has 0 amide bonds. The van der Waals surface area contributed by atoms with E-state index in [4.69, 9.17) is 4.74 Å². The van der Waals surface area contributed by atoms with E-state index in [1.54, 1.807) is 7.11 Å². The first-order valence-electron chi connectivity index (χ1n) is 5.21. The van der Waals surface area contributed by atoms with E-state index in [2.05, 4.69) is 41.5 Å². The van der Waals surface area contributed by atoms with Gasteiger partial charge in [0.1, 0.15) is 0 Å². The summed E-state index contributed by atoms with van der Waals surface area (Å²) in [5, 5.41) is 3.13. The maximum atomic E-state index is 5.04. The normalized spacial score (nSPS) is 10.3. The van der Waals surface area contributed by atoms with Gasteiger partial charge < -0.3 is 15.0 Å². The lowest BCUT2D eigenvalue weighted by molar-refractivity contribution is 0.206. The van der Waals surface area contributed by atoms with Gasteiger partial charge in [0.05, 0.1) is 6.61 Å². The van der Waals surface area contributed by atoms with Crippen LogP contribution in [0.25, 0.3) is 0 Å². The van der Waals surface area contributed by atoms with Crippen LogP contribution in [0.1, 0.15) is 5.56 Å². The van der Waals surface area contributed by atoms with Gasteiger partial charge >= 0.3 is 0 Å². The summed E-state index contributed by atoms with van der Waals surface area (Å²) in [5.74, 6) is 0. The highest BCUT2D eigenvalue weighted by atomic mass is 16.5. The van der Waals surface area contributed by atoms with Crippen LogP contribution in [0, 0.1) is 0 Å². The van der Waals surface area contributed by atoms with Crippen molar-refractivity contribution in [2.24, 2.45) is 0 Å². The third kappa shape index (κ3) is 3.90. The number of ether oxygens (including phenoxy) is 1. The van der Waals surface area contributed by atoms with E-state index >= 15 is 0 Å². The lowest BCUT2D eigenvalue weighted by Crippen LogP contribution is -2.21. The van der Waals surface area contributed by atoms with E-state index in [9.17, 15) is 0 Å². The Morgan fingerprint density at radius 3 is 2.47 bits per heavy atom. The van der Waals surface area contributed by atoms with Crippen molar-refractivity contribution in [2.75, 3.05) is 39.3 Å². The second kappa shape index (κ2) is 6.43. The summed E-state index contributed by atoms with van der Waals surface area (Å²) in [6, 6.07) is 8.58. The summed E-state index contributed by atoms with van der Waals surface area (Å²) >= 11 is 0. The molecule has 0 unspecified atom stereocenters. The van der Waals surface area contributed by atoms with Crippen molar-refractivity contribution in [3.63, 3.8) is 0 Å². The Kier molecular flexibility index (Phi) is 5.15. The van der Waals surface area contributed by atoms with Gasteiger partial charge in [0.15, 0.2) is 0 Å². The van der Waals surface area contributed by atoms with Gasteiger partial charge in [-0.3, -0.25) is 0 Å². The molecule has 0 atom stereocenters. The minimum Gasteiger partial charge on any atom is -0.383 e. The first kappa shape index (κ1) is 12.0. The van der Waals surface area contributed by atoms with Gasteiger partial charge in [0.25, 0.3) is 0 Å². The van der Waals surface area contributed by atoms with Gasteiger partial charge in [0.2, 0.25) is 0 Å². The lowest BCUT2D eigenvalue weighted by atomic mass is 10.2. The molecule has 1 N–H and O–H groups in total. The summed E-state index contributed by atoms with van der Waals surface area (Å²) in [7, 11) is 5.76. The fourth-order valence-electron chi connectivity index (χ4n) is 1.43. The number of methoxy groups -OCH3 is 1. The maximum absolute atomic E-state index is 5.04. The smallest absolute Gasteiger partial charge is 0.0637 e. The van der Waals surface area contributed by atoms with Crippen LogP contribution in [0.4, 0.5) is 5.69 Å². The first-order valence-corrected chi connectivity index (χ1v) is 5.21. The molecule has 0 radical (unpaired) electrons. The molecule has 1 aromatic rings. The van der Waals surface area contributed by atoms with Gasteiger partial charge in [-0.1, -0.05) is 12.1 Å². The zero-order valence-corrected chi connectivity index (χ0v) is 9.79. The second-order valence-electron chi connectivity index (χ2n) is 3.61. The minimum atomic E-state index is 0.759. The number of anilines is 1. The van der Waals surface area contributed by atoms with E-state index in [1.165, 1.54) is 11.3 Å². The number of nitrogens with zero attached hydrogens (tertiary/aromatic N) is 1. The zero-order chi connectivity index (χ0) is 11.1. The Morgan fingerprint density at radius 1 is 1.27 bits per heavy atom. The van der Waals surface area contributed by atoms with E-state index in [1.807, 2.05) is 7.05 Å². The number of hydrogen-bond acceptors (Lipinski definition) is 3. The molecule has 3 nitrogen and oxygen atoms in total. The Morgan fingerprint density at radius 2 is 1.93 bits per heavy atom. The third-order valence-corrected chi connectivity index (χ3v) is 2.39. The van der Waals surface area contributed by atoms with Crippen molar-refractivity contribution >= 4 is 5.69 Å². The van der Waals surface area contributed by atoms with Crippen molar-refractivity contribution in [1.82, 2.24) is 5.32 Å². The van der Waals surface area contributed by atoms with E-state index in [0.717, 1.165) is 19.7 Å². The van der Waals surface area contributed by atoms with Crippen molar-refractivity contribution in [2.45, 2.75) is 6.54 Å². The number of nitrogens with one attached hydrogen (secondary N) is 1. The van der Waals surface area contributed by atoms with Crippen LogP contribution in [-0.4, -0.2) is 34.4 Å². The van der Waals surface area contributed by atoms with Crippen LogP contribution in [0.5, 0.6) is 0 Å². The van der Waals surface area contributed by atoms with Gasteiger partial charge in [-0.25, -0.2) is 0 Å². The van der Waals surface area contributed by atoms with E-state index in [-0.39, 0.29) is 0 Å². The summed E-state index contributed by atoms with van der Waals surface area (Å²) in [6.45, 7) is 2.60. The van der Waals surface area contributed by atoms with Crippen LogP contribution >= 0.6 is 0 Å². The minimum absolute atomic E-state index is 0.759. The largest absolute Gasteiger partial charge is 0.383 e. The monoisotopic (exact) mass is 208 g/mol. The van der Waals surface area contributed by atoms with Crippen molar-refractivity contribution in [3.05, 3.63) is 29.8 Å². The summed E-state index contributed by atoms with van der Waals surface area (Å²) < 4.78 is 5.04. The van der Waals surface area contributed by atoms with Crippen molar-refractivity contribution < 1.29 is 4.74 Å². The lowest BCUT2D eigenvalue weighted by Gasteiger charge is -2.18. The zero-order valence-electron chi connectivity index (χ0n) is 9.79. The highest BCUT2D eigenvalue weighted by Gasteiger charge is 1.99. The Balaban J connectivity index is 2.54. The molecule has 0 saturated heterocycles. The number of benzene rings is 1. The van der Waals surface area contributed by atoms with Gasteiger partial charge in [-0.2, -0.15) is 0 Å². The molecule has 1 rings (SSSR count). The predicted molar refractivity (Wildman–Crippen MR) is 64.4 cm³/mol. The third-order valence-electron chi connectivity index (χ3n) is 2.39. The molecule has 0 aromatic heterocycles. The fourth-order valence-corrected chi connectivity index (χ4v) is 1.43. The Hall–Kier alpha value is -1.06. The molecule has 3 heteroatoms. The molecule has 15 heavy (non-hydrogen) atoms. The topological polar surface area (TPSA) is 24.5 Å². The maximum Gasteiger partial charge on any atom is 0.0637 e. The first-order chi connectivity index (χ1) is 7.27. The standard InChI is InChI=1S/C12H20N2O/c1-13-10-11-4-6-12(7-5-11)14(2)8-9-15-3/h4-7,13H,8-10H2,1-3H3.